The molecule has 1 aliphatic heterocycles. The standard InChI is InChI=1S/C23H32F2N2O7S/c1-22(2,3)34-21(29)26-14-19(23(24,25)18(26)12-20(28)33-5)27(35(30,31)17-10-11-17)13-15-6-8-16(32-4)9-7-15/h6-9,17-19H,10-14H2,1-5H3/t18-,19-/m1/s1. The number of halogens is 2. The van der Waals surface area contributed by atoms with E-state index in [1.807, 2.05) is 0 Å². The lowest BCUT2D eigenvalue weighted by Gasteiger charge is -2.32. The Morgan fingerprint density at radius 1 is 1.14 bits per heavy atom. The lowest BCUT2D eigenvalue weighted by atomic mass is 10.0. The molecule has 0 N–H and O–H groups in total. The molecule has 12 heteroatoms. The van der Waals surface area contributed by atoms with Crippen LogP contribution < -0.4 is 4.74 Å². The number of carbonyl (C=O) groups excluding carboxylic acids is 2. The second kappa shape index (κ2) is 9.88. The lowest BCUT2D eigenvalue weighted by Crippen LogP contribution is -2.52. The molecule has 1 saturated heterocycles. The van der Waals surface area contributed by atoms with E-state index in [4.69, 9.17) is 9.47 Å². The minimum Gasteiger partial charge on any atom is -0.497 e. The van der Waals surface area contributed by atoms with Crippen molar-refractivity contribution < 1.29 is 41.0 Å². The summed E-state index contributed by atoms with van der Waals surface area (Å²) >= 11 is 0. The van der Waals surface area contributed by atoms with E-state index in [-0.39, 0.29) is 6.54 Å². The average Bonchev–Trinajstić information content (AvgIpc) is 3.59. The van der Waals surface area contributed by atoms with Crippen LogP contribution in [0.4, 0.5) is 13.6 Å². The van der Waals surface area contributed by atoms with Crippen LogP contribution in [0.2, 0.25) is 0 Å². The van der Waals surface area contributed by atoms with Gasteiger partial charge in [0.05, 0.1) is 25.9 Å². The Labute approximate surface area is 204 Å². The molecule has 35 heavy (non-hydrogen) atoms. The van der Waals surface area contributed by atoms with Gasteiger partial charge in [-0.3, -0.25) is 9.69 Å². The maximum absolute atomic E-state index is 15.9. The number of methoxy groups -OCH3 is 2. The number of esters is 1. The van der Waals surface area contributed by atoms with Gasteiger partial charge in [-0.05, 0) is 51.3 Å². The number of hydrogen-bond donors (Lipinski definition) is 0. The van der Waals surface area contributed by atoms with Crippen LogP contribution in [0.25, 0.3) is 0 Å². The first kappa shape index (κ1) is 27.1. The third-order valence-corrected chi connectivity index (χ3v) is 8.32. The molecule has 1 amide bonds. The smallest absolute Gasteiger partial charge is 0.410 e. The quantitative estimate of drug-likeness (QED) is 0.487. The number of rotatable bonds is 8. The molecule has 2 atom stereocenters. The zero-order valence-electron chi connectivity index (χ0n) is 20.5. The number of benzene rings is 1. The first-order valence-electron chi connectivity index (χ1n) is 11.3. The number of sulfonamides is 1. The molecule has 0 bridgehead atoms. The van der Waals surface area contributed by atoms with Crippen LogP contribution in [0.15, 0.2) is 24.3 Å². The summed E-state index contributed by atoms with van der Waals surface area (Å²) in [6.07, 6.45) is -1.11. The number of nitrogens with zero attached hydrogens (tertiary/aromatic N) is 2. The fraction of sp³-hybridized carbons (Fsp3) is 0.652. The maximum Gasteiger partial charge on any atom is 0.410 e. The van der Waals surface area contributed by atoms with E-state index >= 15 is 8.78 Å². The molecule has 0 aromatic heterocycles. The maximum atomic E-state index is 15.9. The molecule has 1 aromatic carbocycles. The highest BCUT2D eigenvalue weighted by molar-refractivity contribution is 7.90. The Balaban J connectivity index is 2.01. The number of amides is 1. The summed E-state index contributed by atoms with van der Waals surface area (Å²) in [7, 11) is -1.58. The Morgan fingerprint density at radius 3 is 2.23 bits per heavy atom. The van der Waals surface area contributed by atoms with Crippen LogP contribution >= 0.6 is 0 Å². The third-order valence-electron chi connectivity index (χ3n) is 5.97. The highest BCUT2D eigenvalue weighted by atomic mass is 32.2. The van der Waals surface area contributed by atoms with Crippen molar-refractivity contribution in [1.82, 2.24) is 9.21 Å². The third kappa shape index (κ3) is 6.03. The van der Waals surface area contributed by atoms with E-state index in [1.54, 1.807) is 45.0 Å². The summed E-state index contributed by atoms with van der Waals surface area (Å²) in [6.45, 7) is 3.79. The zero-order valence-corrected chi connectivity index (χ0v) is 21.3. The summed E-state index contributed by atoms with van der Waals surface area (Å²) in [5, 5.41) is -0.758. The normalized spacial score (nSPS) is 22.2. The van der Waals surface area contributed by atoms with Gasteiger partial charge >= 0.3 is 12.1 Å². The summed E-state index contributed by atoms with van der Waals surface area (Å²) in [5.41, 5.74) is -0.505. The van der Waals surface area contributed by atoms with Gasteiger partial charge in [-0.1, -0.05) is 12.1 Å². The molecule has 1 heterocycles. The monoisotopic (exact) mass is 518 g/mol. The van der Waals surface area contributed by atoms with Crippen molar-refractivity contribution in [2.24, 2.45) is 0 Å². The van der Waals surface area contributed by atoms with Crippen LogP contribution in [0.1, 0.15) is 45.6 Å². The van der Waals surface area contributed by atoms with Crippen molar-refractivity contribution in [3.8, 4) is 5.75 Å². The molecule has 9 nitrogen and oxygen atoms in total. The van der Waals surface area contributed by atoms with Crippen molar-refractivity contribution in [3.05, 3.63) is 29.8 Å². The number of hydrogen-bond acceptors (Lipinski definition) is 7. The van der Waals surface area contributed by atoms with Gasteiger partial charge in [-0.25, -0.2) is 22.0 Å². The van der Waals surface area contributed by atoms with Crippen molar-refractivity contribution in [1.29, 1.82) is 0 Å². The van der Waals surface area contributed by atoms with Crippen molar-refractivity contribution >= 4 is 22.1 Å². The molecule has 1 aliphatic carbocycles. The summed E-state index contributed by atoms with van der Waals surface area (Å²) in [6, 6.07) is 2.59. The molecular formula is C23H32F2N2O7S. The summed E-state index contributed by atoms with van der Waals surface area (Å²) < 4.78 is 74.2. The van der Waals surface area contributed by atoms with Crippen molar-refractivity contribution in [3.63, 3.8) is 0 Å². The van der Waals surface area contributed by atoms with Crippen LogP contribution in [0.3, 0.4) is 0 Å². The van der Waals surface area contributed by atoms with E-state index in [0.717, 1.165) is 16.3 Å². The number of ether oxygens (including phenoxy) is 3. The van der Waals surface area contributed by atoms with Gasteiger partial charge in [0.2, 0.25) is 10.0 Å². The average molecular weight is 519 g/mol. The predicted molar refractivity (Wildman–Crippen MR) is 123 cm³/mol. The zero-order chi connectivity index (χ0) is 26.2. The lowest BCUT2D eigenvalue weighted by molar-refractivity contribution is -0.145. The Hall–Kier alpha value is -2.47. The van der Waals surface area contributed by atoms with E-state index in [1.165, 1.54) is 7.11 Å². The van der Waals surface area contributed by atoms with Gasteiger partial charge in [0.15, 0.2) is 0 Å². The summed E-state index contributed by atoms with van der Waals surface area (Å²) in [5.74, 6) is -4.17. The fourth-order valence-electron chi connectivity index (χ4n) is 4.00. The molecule has 0 radical (unpaired) electrons. The largest absolute Gasteiger partial charge is 0.497 e. The molecule has 2 aliphatic rings. The van der Waals surface area contributed by atoms with Gasteiger partial charge in [0, 0.05) is 13.1 Å². The highest BCUT2D eigenvalue weighted by Crippen LogP contribution is 2.43. The minimum atomic E-state index is -4.11. The van der Waals surface area contributed by atoms with Gasteiger partial charge in [0.25, 0.3) is 5.92 Å². The molecule has 0 spiro atoms. The first-order chi connectivity index (χ1) is 16.2. The first-order valence-corrected chi connectivity index (χ1v) is 12.8. The molecule has 3 rings (SSSR count). The van der Waals surface area contributed by atoms with Crippen LogP contribution in [0.5, 0.6) is 5.75 Å². The Bertz CT molecular complexity index is 1040. The second-order valence-corrected chi connectivity index (χ2v) is 11.9. The summed E-state index contributed by atoms with van der Waals surface area (Å²) in [4.78, 5) is 25.6. The molecule has 0 unspecified atom stereocenters. The molecular weight excluding hydrogens is 486 g/mol. The highest BCUT2D eigenvalue weighted by Gasteiger charge is 2.63. The van der Waals surface area contributed by atoms with Crippen molar-refractivity contribution in [2.45, 2.75) is 75.4 Å². The number of carbonyl (C=O) groups is 2. The van der Waals surface area contributed by atoms with E-state index in [9.17, 15) is 18.0 Å². The van der Waals surface area contributed by atoms with E-state index in [0.29, 0.717) is 24.2 Å². The van der Waals surface area contributed by atoms with Crippen LogP contribution in [0, 0.1) is 0 Å². The van der Waals surface area contributed by atoms with E-state index in [2.05, 4.69) is 4.74 Å². The van der Waals surface area contributed by atoms with Gasteiger partial charge in [-0.2, -0.15) is 4.31 Å². The molecule has 1 saturated carbocycles. The minimum absolute atomic E-state index is 0.323. The Morgan fingerprint density at radius 2 is 1.74 bits per heavy atom. The number of likely N-dealkylation sites (tertiary alicyclic amines) is 1. The topological polar surface area (TPSA) is 102 Å². The van der Waals surface area contributed by atoms with Crippen LogP contribution in [-0.4, -0.2) is 79.3 Å². The van der Waals surface area contributed by atoms with Gasteiger partial charge < -0.3 is 14.2 Å². The SMILES string of the molecule is COC(=O)C[C@H]1N(C(=O)OC(C)(C)C)C[C@@H](N(Cc2ccc(OC)cc2)S(=O)(=O)C2CC2)C1(F)F. The van der Waals surface area contributed by atoms with Gasteiger partial charge in [0.1, 0.15) is 23.4 Å². The predicted octanol–water partition coefficient (Wildman–Crippen LogP) is 3.18. The second-order valence-electron chi connectivity index (χ2n) is 9.76. The fourth-order valence-corrected chi connectivity index (χ4v) is 6.01. The van der Waals surface area contributed by atoms with Gasteiger partial charge in [-0.15, -0.1) is 0 Å². The van der Waals surface area contributed by atoms with E-state index < -0.39 is 63.9 Å². The van der Waals surface area contributed by atoms with Crippen LogP contribution in [-0.2, 0) is 30.8 Å². The molecule has 2 fully saturated rings. The van der Waals surface area contributed by atoms with Crippen molar-refractivity contribution in [2.75, 3.05) is 20.8 Å². The molecule has 196 valence electrons. The Kier molecular flexibility index (Phi) is 7.66. The number of alkyl halides is 2. The molecule has 1 aromatic rings.